The van der Waals surface area contributed by atoms with Crippen LogP contribution in [-0.4, -0.2) is 62.1 Å². The molecule has 4 rings (SSSR count). The third kappa shape index (κ3) is 8.57. The highest BCUT2D eigenvalue weighted by Gasteiger charge is 2.40. The van der Waals surface area contributed by atoms with Gasteiger partial charge in [0.1, 0.15) is 10.8 Å². The Kier molecular flexibility index (Phi) is 9.81. The number of rotatable bonds is 13. The first-order chi connectivity index (χ1) is 20.3. The summed E-state index contributed by atoms with van der Waals surface area (Å²) in [5, 5.41) is 2.27. The molecular weight excluding hydrogens is 612 g/mol. The Hall–Kier alpha value is -3.90. The second kappa shape index (κ2) is 13.2. The molecule has 1 fully saturated rings. The van der Waals surface area contributed by atoms with E-state index in [2.05, 4.69) is 20.5 Å². The zero-order valence-electron chi connectivity index (χ0n) is 22.5. The summed E-state index contributed by atoms with van der Waals surface area (Å²) in [7, 11) is -4.77. The molecule has 9 nitrogen and oxygen atoms in total. The lowest BCUT2D eigenvalue weighted by molar-refractivity contribution is -0.130. The van der Waals surface area contributed by atoms with Crippen LogP contribution in [0.25, 0.3) is 26.2 Å². The third-order valence-electron chi connectivity index (χ3n) is 6.54. The van der Waals surface area contributed by atoms with Gasteiger partial charge < -0.3 is 15.5 Å². The number of halogens is 4. The van der Waals surface area contributed by atoms with Crippen LogP contribution < -0.4 is 10.6 Å². The Labute approximate surface area is 248 Å². The number of aromatic nitrogens is 1. The van der Waals surface area contributed by atoms with Crippen LogP contribution in [0.15, 0.2) is 36.4 Å². The van der Waals surface area contributed by atoms with Crippen molar-refractivity contribution in [1.29, 1.82) is 0 Å². The van der Waals surface area contributed by atoms with Crippen LogP contribution in [0.1, 0.15) is 52.7 Å². The summed E-state index contributed by atoms with van der Waals surface area (Å²) in [6.45, 7) is 6.44. The quantitative estimate of drug-likeness (QED) is 0.120. The minimum Gasteiger partial charge on any atom is -0.352 e. The van der Waals surface area contributed by atoms with Crippen molar-refractivity contribution in [3.8, 4) is 11.1 Å². The third-order valence-corrected chi connectivity index (χ3v) is 9.70. The molecule has 1 atom stereocenters. The van der Waals surface area contributed by atoms with Gasteiger partial charge in [0.25, 0.3) is 0 Å². The molecule has 228 valence electrons. The van der Waals surface area contributed by atoms with E-state index in [1.54, 1.807) is 0 Å². The van der Waals surface area contributed by atoms with Crippen LogP contribution in [-0.2, 0) is 19.4 Å². The minimum absolute atomic E-state index is 0.0110. The van der Waals surface area contributed by atoms with E-state index in [1.807, 2.05) is 0 Å². The highest BCUT2D eigenvalue weighted by Crippen LogP contribution is 2.36. The number of fused-ring (bicyclic) bond motifs is 1. The van der Waals surface area contributed by atoms with E-state index in [4.69, 9.17) is 6.57 Å². The first kappa shape index (κ1) is 32.0. The molecule has 1 aliphatic rings. The molecule has 2 aromatic carbocycles. The average Bonchev–Trinajstić information content (AvgIpc) is 3.67. The van der Waals surface area contributed by atoms with Gasteiger partial charge in [-0.3, -0.25) is 14.4 Å². The number of amides is 2. The molecule has 3 aromatic rings. The summed E-state index contributed by atoms with van der Waals surface area (Å²) in [6.07, 6.45) is -4.35. The van der Waals surface area contributed by atoms with Gasteiger partial charge in [0.05, 0.1) is 28.9 Å². The van der Waals surface area contributed by atoms with Crippen LogP contribution >= 0.6 is 11.3 Å². The van der Waals surface area contributed by atoms with Crippen LogP contribution in [0, 0.1) is 12.4 Å². The van der Waals surface area contributed by atoms with Gasteiger partial charge in [0.15, 0.2) is 20.9 Å². The van der Waals surface area contributed by atoms with Gasteiger partial charge in [0, 0.05) is 36.1 Å². The van der Waals surface area contributed by atoms with Gasteiger partial charge in [-0.25, -0.2) is 24.4 Å². The highest BCUT2D eigenvalue weighted by atomic mass is 32.2. The number of nitrogens with one attached hydrogen (secondary N) is 2. The maximum atomic E-state index is 15.1. The Morgan fingerprint density at radius 1 is 1.14 bits per heavy atom. The number of hydrogen-bond acceptors (Lipinski definition) is 7. The van der Waals surface area contributed by atoms with Crippen molar-refractivity contribution in [1.82, 2.24) is 15.6 Å². The number of nitrogens with zero attached hydrogens (tertiary/aromatic N) is 2. The SMILES string of the molecule is [C-]#[N+]CCCC(=O)c1ccc(-c2cc3sc(C(C(=O)NCC(=O)NC4CC4)S(=O)(=O)CCC(F)(F)F)nc3cc2F)cc1. The summed E-state index contributed by atoms with van der Waals surface area (Å²) in [4.78, 5) is 44.6. The van der Waals surface area contributed by atoms with Crippen molar-refractivity contribution in [2.45, 2.75) is 49.6 Å². The first-order valence-electron chi connectivity index (χ1n) is 13.2. The molecule has 1 heterocycles. The van der Waals surface area contributed by atoms with Crippen LogP contribution in [0.5, 0.6) is 0 Å². The van der Waals surface area contributed by atoms with E-state index in [9.17, 15) is 36.0 Å². The van der Waals surface area contributed by atoms with Crippen LogP contribution in [0.4, 0.5) is 17.6 Å². The predicted octanol–water partition coefficient (Wildman–Crippen LogP) is 4.79. The summed E-state index contributed by atoms with van der Waals surface area (Å²) >= 11 is 0.708. The van der Waals surface area contributed by atoms with Crippen molar-refractivity contribution >= 4 is 49.0 Å². The van der Waals surface area contributed by atoms with Crippen molar-refractivity contribution in [3.05, 3.63) is 64.2 Å². The molecule has 1 saturated carbocycles. The zero-order valence-corrected chi connectivity index (χ0v) is 24.2. The van der Waals surface area contributed by atoms with Gasteiger partial charge in [-0.1, -0.05) is 24.3 Å². The minimum atomic E-state index is -4.80. The fourth-order valence-electron chi connectivity index (χ4n) is 4.17. The number of carbonyl (C=O) groups is 3. The zero-order chi connectivity index (χ0) is 31.4. The average molecular weight is 639 g/mol. The number of thiazole rings is 1. The first-order valence-corrected chi connectivity index (χ1v) is 15.7. The van der Waals surface area contributed by atoms with Crippen molar-refractivity contribution in [3.63, 3.8) is 0 Å². The molecule has 1 aromatic heterocycles. The molecule has 0 aliphatic heterocycles. The molecule has 2 amide bonds. The lowest BCUT2D eigenvalue weighted by Gasteiger charge is -2.16. The number of alkyl halides is 3. The van der Waals surface area contributed by atoms with E-state index >= 15 is 4.39 Å². The Bertz CT molecular complexity index is 1680. The van der Waals surface area contributed by atoms with Crippen molar-refractivity contribution < 1.29 is 40.4 Å². The van der Waals surface area contributed by atoms with E-state index in [1.165, 1.54) is 30.3 Å². The fraction of sp³-hybridized carbons (Fsp3) is 0.393. The normalized spacial score (nSPS) is 14.2. The van der Waals surface area contributed by atoms with Crippen LogP contribution in [0.2, 0.25) is 0 Å². The maximum absolute atomic E-state index is 15.1. The molecule has 0 radical (unpaired) electrons. The van der Waals surface area contributed by atoms with Crippen LogP contribution in [0.3, 0.4) is 0 Å². The number of Topliss-reactive ketones (excluding diaryl/α,β-unsaturated/α-hetero) is 1. The van der Waals surface area contributed by atoms with Gasteiger partial charge in [-0.2, -0.15) is 13.2 Å². The van der Waals surface area contributed by atoms with E-state index in [-0.39, 0.29) is 45.6 Å². The lowest BCUT2D eigenvalue weighted by atomic mass is 10.0. The van der Waals surface area contributed by atoms with E-state index in [0.717, 1.165) is 18.9 Å². The smallest absolute Gasteiger partial charge is 0.352 e. The van der Waals surface area contributed by atoms with E-state index < -0.39 is 57.6 Å². The maximum Gasteiger partial charge on any atom is 0.390 e. The fourth-order valence-corrected chi connectivity index (χ4v) is 7.24. The highest BCUT2D eigenvalue weighted by molar-refractivity contribution is 7.92. The number of hydrogen-bond donors (Lipinski definition) is 2. The molecule has 1 aliphatic carbocycles. The van der Waals surface area contributed by atoms with Crippen molar-refractivity contribution in [2.75, 3.05) is 18.8 Å². The number of ketones is 1. The van der Waals surface area contributed by atoms with Gasteiger partial charge in [-0.05, 0) is 24.5 Å². The summed E-state index contributed by atoms with van der Waals surface area (Å²) in [5.74, 6) is -4.09. The Morgan fingerprint density at radius 3 is 2.47 bits per heavy atom. The summed E-state index contributed by atoms with van der Waals surface area (Å²) < 4.78 is 80.2. The Morgan fingerprint density at radius 2 is 1.84 bits per heavy atom. The number of carbonyl (C=O) groups excluding carboxylic acids is 3. The van der Waals surface area contributed by atoms with Gasteiger partial charge >= 0.3 is 6.18 Å². The van der Waals surface area contributed by atoms with E-state index in [0.29, 0.717) is 28.9 Å². The van der Waals surface area contributed by atoms with Crippen molar-refractivity contribution in [2.24, 2.45) is 0 Å². The molecule has 2 N–H and O–H groups in total. The van der Waals surface area contributed by atoms with Gasteiger partial charge in [-0.15, -0.1) is 11.3 Å². The predicted molar refractivity (Wildman–Crippen MR) is 151 cm³/mol. The molecule has 0 bridgehead atoms. The number of sulfone groups is 1. The largest absolute Gasteiger partial charge is 0.390 e. The van der Waals surface area contributed by atoms with Gasteiger partial charge in [0.2, 0.25) is 18.4 Å². The topological polar surface area (TPSA) is 127 Å². The monoisotopic (exact) mass is 638 g/mol. The standard InChI is InChI=1S/C28H26F4N4O5S2/c1-33-11-2-3-22(37)17-6-4-16(5-7-17)19-13-23-21(14-20(19)29)36-27(42-23)25(43(40,41)12-10-28(30,31)32)26(39)34-15-24(38)35-18-8-9-18/h4-7,13-14,18,25H,2-3,8-12,15H2,(H,34,39)(H,35,38). The summed E-state index contributed by atoms with van der Waals surface area (Å²) in [5.41, 5.74) is 0.857. The second-order valence-electron chi connectivity index (χ2n) is 10.0. The Balaban J connectivity index is 1.62. The molecule has 43 heavy (non-hydrogen) atoms. The molecule has 0 spiro atoms. The molecule has 15 heteroatoms. The lowest BCUT2D eigenvalue weighted by Crippen LogP contribution is -2.41. The number of benzene rings is 2. The second-order valence-corrected chi connectivity index (χ2v) is 13.3. The molecule has 0 saturated heterocycles. The molecule has 1 unspecified atom stereocenters. The summed E-state index contributed by atoms with van der Waals surface area (Å²) in [6, 6.07) is 8.45. The molecular formula is C28H26F4N4O5S2.